The van der Waals surface area contributed by atoms with Gasteiger partial charge in [0.1, 0.15) is 0 Å². The molecule has 1 aromatic rings. The van der Waals surface area contributed by atoms with Crippen LogP contribution in [0.4, 0.5) is 0 Å². The summed E-state index contributed by atoms with van der Waals surface area (Å²) >= 11 is 0. The first-order valence-electron chi connectivity index (χ1n) is 8.35. The number of nitrogens with zero attached hydrogens (tertiary/aromatic N) is 2. The number of halogens is 1. The van der Waals surface area contributed by atoms with Gasteiger partial charge in [0.2, 0.25) is 5.91 Å². The Kier molecular flexibility index (Phi) is 6.57. The van der Waals surface area contributed by atoms with Gasteiger partial charge in [0.25, 0.3) is 5.91 Å². The second-order valence-corrected chi connectivity index (χ2v) is 6.56. The summed E-state index contributed by atoms with van der Waals surface area (Å²) in [5.74, 6) is 0.0731. The highest BCUT2D eigenvalue weighted by molar-refractivity contribution is 5.93. The molecule has 0 aromatic carbocycles. The van der Waals surface area contributed by atoms with Gasteiger partial charge in [-0.1, -0.05) is 0 Å². The molecule has 2 N–H and O–H groups in total. The van der Waals surface area contributed by atoms with Crippen molar-refractivity contribution in [3.05, 3.63) is 30.1 Å². The third kappa shape index (κ3) is 4.45. The van der Waals surface area contributed by atoms with Crippen molar-refractivity contribution in [3.8, 4) is 0 Å². The number of aromatic nitrogens is 1. The summed E-state index contributed by atoms with van der Waals surface area (Å²) in [6, 6.07) is 3.47. The summed E-state index contributed by atoms with van der Waals surface area (Å²) in [6.45, 7) is 3.98. The molecule has 1 spiro atoms. The Morgan fingerprint density at radius 3 is 2.83 bits per heavy atom. The van der Waals surface area contributed by atoms with E-state index < -0.39 is 0 Å². The van der Waals surface area contributed by atoms with Crippen LogP contribution in [0.15, 0.2) is 24.5 Å². The average Bonchev–Trinajstić information content (AvgIpc) is 2.60. The van der Waals surface area contributed by atoms with Crippen LogP contribution in [-0.2, 0) is 4.79 Å². The van der Waals surface area contributed by atoms with Crippen LogP contribution in [0.2, 0.25) is 0 Å². The lowest BCUT2D eigenvalue weighted by Gasteiger charge is -2.45. The number of likely N-dealkylation sites (tertiary alicyclic amines) is 1. The molecule has 2 amide bonds. The first kappa shape index (κ1) is 18.7. The largest absolute Gasteiger partial charge is 0.350 e. The Morgan fingerprint density at radius 2 is 2.12 bits per heavy atom. The maximum Gasteiger partial charge on any atom is 0.252 e. The normalized spacial score (nSPS) is 19.7. The van der Waals surface area contributed by atoms with Crippen LogP contribution in [0, 0.1) is 5.41 Å². The smallest absolute Gasteiger partial charge is 0.252 e. The highest BCUT2D eigenvalue weighted by Gasteiger charge is 2.39. The van der Waals surface area contributed by atoms with E-state index in [0.717, 1.165) is 38.9 Å². The van der Waals surface area contributed by atoms with E-state index in [9.17, 15) is 9.59 Å². The first-order chi connectivity index (χ1) is 11.2. The average molecular weight is 353 g/mol. The summed E-state index contributed by atoms with van der Waals surface area (Å²) in [7, 11) is 0. The molecular weight excluding hydrogens is 328 g/mol. The van der Waals surface area contributed by atoms with Crippen LogP contribution < -0.4 is 10.6 Å². The van der Waals surface area contributed by atoms with Crippen LogP contribution >= 0.6 is 12.4 Å². The standard InChI is InChI=1S/C17H24N4O2.ClH/c22-15-3-4-17(5-8-18-9-6-17)13-21(15)11-10-20-16(23)14-2-1-7-19-12-14;/h1-2,7,12,18H,3-6,8-11,13H2,(H,20,23);1H. The van der Waals surface area contributed by atoms with E-state index in [4.69, 9.17) is 0 Å². The van der Waals surface area contributed by atoms with Gasteiger partial charge in [-0.2, -0.15) is 0 Å². The summed E-state index contributed by atoms with van der Waals surface area (Å²) in [6.07, 6.45) is 7.10. The Hall–Kier alpha value is -1.66. The molecule has 2 aliphatic rings. The summed E-state index contributed by atoms with van der Waals surface area (Å²) in [5.41, 5.74) is 0.833. The number of carbonyl (C=O) groups excluding carboxylic acids is 2. The van der Waals surface area contributed by atoms with Gasteiger partial charge in [-0.25, -0.2) is 0 Å². The predicted octanol–water partition coefficient (Wildman–Crippen LogP) is 1.23. The zero-order valence-corrected chi connectivity index (χ0v) is 14.6. The van der Waals surface area contributed by atoms with Crippen molar-refractivity contribution >= 4 is 24.2 Å². The van der Waals surface area contributed by atoms with Gasteiger partial charge in [-0.3, -0.25) is 14.6 Å². The van der Waals surface area contributed by atoms with Gasteiger partial charge in [-0.15, -0.1) is 12.4 Å². The predicted molar refractivity (Wildman–Crippen MR) is 94.2 cm³/mol. The van der Waals surface area contributed by atoms with Crippen molar-refractivity contribution < 1.29 is 9.59 Å². The zero-order valence-electron chi connectivity index (χ0n) is 13.8. The van der Waals surface area contributed by atoms with E-state index in [-0.39, 0.29) is 29.6 Å². The molecule has 2 saturated heterocycles. The molecule has 132 valence electrons. The van der Waals surface area contributed by atoms with Crippen molar-refractivity contribution in [2.75, 3.05) is 32.7 Å². The number of hydrogen-bond donors (Lipinski definition) is 2. The Balaban J connectivity index is 0.00000208. The molecule has 0 atom stereocenters. The SMILES string of the molecule is Cl.O=C(NCCN1CC2(CCNCC2)CCC1=O)c1cccnc1. The summed E-state index contributed by atoms with van der Waals surface area (Å²) in [4.78, 5) is 30.0. The van der Waals surface area contributed by atoms with E-state index in [1.165, 1.54) is 0 Å². The Labute approximate surface area is 148 Å². The van der Waals surface area contributed by atoms with E-state index in [1.807, 2.05) is 4.90 Å². The fraction of sp³-hybridized carbons (Fsp3) is 0.588. The number of amides is 2. The molecular formula is C17H25ClN4O2. The van der Waals surface area contributed by atoms with Crippen LogP contribution in [0.1, 0.15) is 36.0 Å². The number of nitrogens with one attached hydrogen (secondary N) is 2. The fourth-order valence-corrected chi connectivity index (χ4v) is 3.57. The molecule has 0 radical (unpaired) electrons. The lowest BCUT2D eigenvalue weighted by Crippen LogP contribution is -2.52. The zero-order chi connectivity index (χ0) is 16.1. The van der Waals surface area contributed by atoms with Gasteiger partial charge in [0.05, 0.1) is 5.56 Å². The van der Waals surface area contributed by atoms with Crippen LogP contribution in [-0.4, -0.2) is 54.4 Å². The first-order valence-corrected chi connectivity index (χ1v) is 8.35. The van der Waals surface area contributed by atoms with E-state index >= 15 is 0 Å². The van der Waals surface area contributed by atoms with Gasteiger partial charge in [0, 0.05) is 38.4 Å². The van der Waals surface area contributed by atoms with E-state index in [0.29, 0.717) is 25.1 Å². The molecule has 6 nitrogen and oxygen atoms in total. The molecule has 3 rings (SSSR count). The van der Waals surface area contributed by atoms with Gasteiger partial charge < -0.3 is 15.5 Å². The van der Waals surface area contributed by atoms with Crippen LogP contribution in [0.5, 0.6) is 0 Å². The number of rotatable bonds is 4. The lowest BCUT2D eigenvalue weighted by molar-refractivity contribution is -0.138. The number of pyridine rings is 1. The molecule has 3 heterocycles. The lowest BCUT2D eigenvalue weighted by atomic mass is 9.73. The molecule has 24 heavy (non-hydrogen) atoms. The van der Waals surface area contributed by atoms with E-state index in [2.05, 4.69) is 15.6 Å². The molecule has 7 heteroatoms. The fourth-order valence-electron chi connectivity index (χ4n) is 3.57. The van der Waals surface area contributed by atoms with Gasteiger partial charge in [-0.05, 0) is 49.9 Å². The van der Waals surface area contributed by atoms with Crippen molar-refractivity contribution in [2.24, 2.45) is 5.41 Å². The highest BCUT2D eigenvalue weighted by Crippen LogP contribution is 2.38. The molecule has 1 aromatic heterocycles. The molecule has 0 unspecified atom stereocenters. The number of hydrogen-bond acceptors (Lipinski definition) is 4. The van der Waals surface area contributed by atoms with Crippen molar-refractivity contribution in [1.29, 1.82) is 0 Å². The van der Waals surface area contributed by atoms with Crippen LogP contribution in [0.25, 0.3) is 0 Å². The van der Waals surface area contributed by atoms with E-state index in [1.54, 1.807) is 24.5 Å². The second kappa shape index (κ2) is 8.44. The van der Waals surface area contributed by atoms with Gasteiger partial charge >= 0.3 is 0 Å². The number of piperidine rings is 2. The van der Waals surface area contributed by atoms with Crippen LogP contribution in [0.3, 0.4) is 0 Å². The minimum absolute atomic E-state index is 0. The second-order valence-electron chi connectivity index (χ2n) is 6.56. The van der Waals surface area contributed by atoms with Gasteiger partial charge in [0.15, 0.2) is 0 Å². The number of carbonyl (C=O) groups is 2. The minimum Gasteiger partial charge on any atom is -0.350 e. The minimum atomic E-state index is -0.140. The maximum atomic E-state index is 12.2. The topological polar surface area (TPSA) is 74.3 Å². The Morgan fingerprint density at radius 1 is 1.33 bits per heavy atom. The quantitative estimate of drug-likeness (QED) is 0.854. The highest BCUT2D eigenvalue weighted by atomic mass is 35.5. The molecule has 2 fully saturated rings. The van der Waals surface area contributed by atoms with Crippen molar-refractivity contribution in [3.63, 3.8) is 0 Å². The summed E-state index contributed by atoms with van der Waals surface area (Å²) in [5, 5.41) is 6.27. The molecule has 0 aliphatic carbocycles. The third-order valence-electron chi connectivity index (χ3n) is 5.00. The summed E-state index contributed by atoms with van der Waals surface area (Å²) < 4.78 is 0. The van der Waals surface area contributed by atoms with Crippen molar-refractivity contribution in [2.45, 2.75) is 25.7 Å². The monoisotopic (exact) mass is 352 g/mol. The molecule has 0 saturated carbocycles. The van der Waals surface area contributed by atoms with Crippen molar-refractivity contribution in [1.82, 2.24) is 20.5 Å². The molecule has 0 bridgehead atoms. The maximum absolute atomic E-state index is 12.2. The molecule has 2 aliphatic heterocycles. The third-order valence-corrected chi connectivity index (χ3v) is 5.00. The Bertz CT molecular complexity index is 561.